The highest BCUT2D eigenvalue weighted by molar-refractivity contribution is 5.65. The maximum Gasteiger partial charge on any atom is 0.159 e. The number of aromatic nitrogens is 3. The van der Waals surface area contributed by atoms with Crippen LogP contribution in [0, 0.1) is 19.7 Å². The van der Waals surface area contributed by atoms with Gasteiger partial charge in [-0.1, -0.05) is 0 Å². The van der Waals surface area contributed by atoms with E-state index in [9.17, 15) is 9.50 Å². The Morgan fingerprint density at radius 3 is 2.61 bits per heavy atom. The highest BCUT2D eigenvalue weighted by atomic mass is 19.1. The molecule has 3 aromatic rings. The molecular weight excluding hydrogens is 293 g/mol. The van der Waals surface area contributed by atoms with E-state index in [1.54, 1.807) is 18.3 Å². The molecule has 1 aromatic carbocycles. The van der Waals surface area contributed by atoms with Gasteiger partial charge in [0.1, 0.15) is 5.82 Å². The SMILES string of the molecule is Cc1ccc(-c2ccnc(-c3ccc(F)c(CO)c3)n2)c(C)n1. The first-order chi connectivity index (χ1) is 11.1. The van der Waals surface area contributed by atoms with Gasteiger partial charge in [-0.05, 0) is 50.2 Å². The lowest BCUT2D eigenvalue weighted by molar-refractivity contribution is 0.276. The number of halogens is 1. The minimum atomic E-state index is -0.439. The van der Waals surface area contributed by atoms with E-state index in [1.807, 2.05) is 32.0 Å². The van der Waals surface area contributed by atoms with E-state index in [0.717, 1.165) is 22.6 Å². The number of aryl methyl sites for hydroxylation is 2. The first-order valence-electron chi connectivity index (χ1n) is 7.26. The average molecular weight is 309 g/mol. The molecule has 0 saturated carbocycles. The van der Waals surface area contributed by atoms with Gasteiger partial charge in [0, 0.05) is 34.3 Å². The number of aliphatic hydroxyl groups is 1. The van der Waals surface area contributed by atoms with E-state index in [1.165, 1.54) is 6.07 Å². The van der Waals surface area contributed by atoms with Crippen LogP contribution in [0.3, 0.4) is 0 Å². The van der Waals surface area contributed by atoms with E-state index in [4.69, 9.17) is 0 Å². The molecule has 2 heterocycles. The van der Waals surface area contributed by atoms with Gasteiger partial charge in [0.2, 0.25) is 0 Å². The van der Waals surface area contributed by atoms with Crippen molar-refractivity contribution in [1.29, 1.82) is 0 Å². The van der Waals surface area contributed by atoms with Crippen LogP contribution in [-0.2, 0) is 6.61 Å². The van der Waals surface area contributed by atoms with Gasteiger partial charge < -0.3 is 5.11 Å². The Morgan fingerprint density at radius 2 is 1.87 bits per heavy atom. The summed E-state index contributed by atoms with van der Waals surface area (Å²) >= 11 is 0. The van der Waals surface area contributed by atoms with E-state index < -0.39 is 5.82 Å². The van der Waals surface area contributed by atoms with Gasteiger partial charge in [-0.3, -0.25) is 4.98 Å². The van der Waals surface area contributed by atoms with Crippen molar-refractivity contribution < 1.29 is 9.50 Å². The Hall–Kier alpha value is -2.66. The van der Waals surface area contributed by atoms with E-state index >= 15 is 0 Å². The number of aliphatic hydroxyl groups excluding tert-OH is 1. The molecule has 23 heavy (non-hydrogen) atoms. The molecule has 0 atom stereocenters. The van der Waals surface area contributed by atoms with Crippen LogP contribution >= 0.6 is 0 Å². The molecule has 0 bridgehead atoms. The summed E-state index contributed by atoms with van der Waals surface area (Å²) in [7, 11) is 0. The van der Waals surface area contributed by atoms with Gasteiger partial charge in [-0.15, -0.1) is 0 Å². The lowest BCUT2D eigenvalue weighted by atomic mass is 10.1. The molecule has 0 fully saturated rings. The van der Waals surface area contributed by atoms with Crippen molar-refractivity contribution in [1.82, 2.24) is 15.0 Å². The lowest BCUT2D eigenvalue weighted by Gasteiger charge is -2.08. The highest BCUT2D eigenvalue weighted by Gasteiger charge is 2.10. The predicted molar refractivity (Wildman–Crippen MR) is 86.1 cm³/mol. The molecule has 0 amide bonds. The Balaban J connectivity index is 2.06. The molecule has 2 aromatic heterocycles. The Bertz CT molecular complexity index is 865. The van der Waals surface area contributed by atoms with E-state index in [-0.39, 0.29) is 12.2 Å². The summed E-state index contributed by atoms with van der Waals surface area (Å²) in [5, 5.41) is 9.20. The highest BCUT2D eigenvalue weighted by Crippen LogP contribution is 2.24. The summed E-state index contributed by atoms with van der Waals surface area (Å²) < 4.78 is 13.5. The van der Waals surface area contributed by atoms with Gasteiger partial charge in [0.25, 0.3) is 0 Å². The summed E-state index contributed by atoms with van der Waals surface area (Å²) in [5.74, 6) is 0.0446. The molecule has 5 heteroatoms. The van der Waals surface area contributed by atoms with Crippen molar-refractivity contribution >= 4 is 0 Å². The minimum absolute atomic E-state index is 0.227. The molecule has 4 nitrogen and oxygen atoms in total. The minimum Gasteiger partial charge on any atom is -0.392 e. The second-order valence-corrected chi connectivity index (χ2v) is 5.32. The molecule has 0 radical (unpaired) electrons. The lowest BCUT2D eigenvalue weighted by Crippen LogP contribution is -1.97. The van der Waals surface area contributed by atoms with Crippen molar-refractivity contribution in [2.75, 3.05) is 0 Å². The number of hydrogen-bond donors (Lipinski definition) is 1. The first-order valence-corrected chi connectivity index (χ1v) is 7.26. The van der Waals surface area contributed by atoms with Gasteiger partial charge in [-0.25, -0.2) is 14.4 Å². The standard InChI is InChI=1S/C18H16FN3O/c1-11-3-5-15(12(2)21-11)17-7-8-20-18(22-17)13-4-6-16(19)14(9-13)10-23/h3-9,23H,10H2,1-2H3. The summed E-state index contributed by atoms with van der Waals surface area (Å²) in [6, 6.07) is 10.2. The molecule has 0 unspecified atom stereocenters. The quantitative estimate of drug-likeness (QED) is 0.805. The number of benzene rings is 1. The molecule has 1 N–H and O–H groups in total. The fourth-order valence-electron chi connectivity index (χ4n) is 2.44. The summed E-state index contributed by atoms with van der Waals surface area (Å²) in [6.45, 7) is 3.52. The summed E-state index contributed by atoms with van der Waals surface area (Å²) in [5.41, 5.74) is 4.43. The third-order valence-electron chi connectivity index (χ3n) is 3.63. The van der Waals surface area contributed by atoms with Crippen LogP contribution in [0.5, 0.6) is 0 Å². The third kappa shape index (κ3) is 3.10. The van der Waals surface area contributed by atoms with Crippen molar-refractivity contribution in [3.05, 3.63) is 65.4 Å². The Labute approximate surface area is 133 Å². The van der Waals surface area contributed by atoms with Crippen molar-refractivity contribution in [2.24, 2.45) is 0 Å². The fraction of sp³-hybridized carbons (Fsp3) is 0.167. The van der Waals surface area contributed by atoms with Gasteiger partial charge >= 0.3 is 0 Å². The zero-order valence-electron chi connectivity index (χ0n) is 12.9. The maximum absolute atomic E-state index is 13.5. The number of hydrogen-bond acceptors (Lipinski definition) is 4. The van der Waals surface area contributed by atoms with Gasteiger partial charge in [0.15, 0.2) is 5.82 Å². The monoisotopic (exact) mass is 309 g/mol. The van der Waals surface area contributed by atoms with Crippen LogP contribution in [-0.4, -0.2) is 20.1 Å². The number of rotatable bonds is 3. The second-order valence-electron chi connectivity index (χ2n) is 5.32. The van der Waals surface area contributed by atoms with Crippen molar-refractivity contribution in [3.8, 4) is 22.6 Å². The molecule has 0 aliphatic rings. The number of nitrogens with zero attached hydrogens (tertiary/aromatic N) is 3. The average Bonchev–Trinajstić information content (AvgIpc) is 2.55. The predicted octanol–water partition coefficient (Wildman–Crippen LogP) is 3.45. The molecule has 0 saturated heterocycles. The zero-order valence-corrected chi connectivity index (χ0v) is 12.9. The molecule has 0 aliphatic heterocycles. The van der Waals surface area contributed by atoms with Crippen LogP contribution in [0.2, 0.25) is 0 Å². The van der Waals surface area contributed by atoms with Crippen LogP contribution in [0.4, 0.5) is 4.39 Å². The largest absolute Gasteiger partial charge is 0.392 e. The maximum atomic E-state index is 13.5. The van der Waals surface area contributed by atoms with Crippen molar-refractivity contribution in [2.45, 2.75) is 20.5 Å². The normalized spacial score (nSPS) is 10.8. The molecule has 0 aliphatic carbocycles. The van der Waals surface area contributed by atoms with Crippen molar-refractivity contribution in [3.63, 3.8) is 0 Å². The van der Waals surface area contributed by atoms with Crippen LogP contribution < -0.4 is 0 Å². The fourth-order valence-corrected chi connectivity index (χ4v) is 2.44. The Kier molecular flexibility index (Phi) is 4.12. The Morgan fingerprint density at radius 1 is 1.04 bits per heavy atom. The van der Waals surface area contributed by atoms with Gasteiger partial charge in [-0.2, -0.15) is 0 Å². The van der Waals surface area contributed by atoms with Gasteiger partial charge in [0.05, 0.1) is 12.3 Å². The number of pyridine rings is 1. The van der Waals surface area contributed by atoms with Crippen LogP contribution in [0.25, 0.3) is 22.6 Å². The molecule has 0 spiro atoms. The smallest absolute Gasteiger partial charge is 0.159 e. The van der Waals surface area contributed by atoms with Crippen LogP contribution in [0.1, 0.15) is 17.0 Å². The second kappa shape index (κ2) is 6.22. The summed E-state index contributed by atoms with van der Waals surface area (Å²) in [4.78, 5) is 13.3. The van der Waals surface area contributed by atoms with Crippen LogP contribution in [0.15, 0.2) is 42.6 Å². The van der Waals surface area contributed by atoms with E-state index in [0.29, 0.717) is 11.4 Å². The third-order valence-corrected chi connectivity index (χ3v) is 3.63. The topological polar surface area (TPSA) is 58.9 Å². The zero-order chi connectivity index (χ0) is 16.4. The summed E-state index contributed by atoms with van der Waals surface area (Å²) in [6.07, 6.45) is 1.67. The molecule has 116 valence electrons. The first kappa shape index (κ1) is 15.2. The van der Waals surface area contributed by atoms with E-state index in [2.05, 4.69) is 15.0 Å². The molecular formula is C18H16FN3O. The molecule has 3 rings (SSSR count).